The maximum atomic E-state index is 11.5. The van der Waals surface area contributed by atoms with Gasteiger partial charge in [0.05, 0.1) is 4.47 Å². The van der Waals surface area contributed by atoms with Crippen LogP contribution in [-0.2, 0) is 11.3 Å². The number of benzene rings is 1. The van der Waals surface area contributed by atoms with Gasteiger partial charge in [0, 0.05) is 19.5 Å². The molecule has 0 bridgehead atoms. The molecule has 2 N–H and O–H groups in total. The molecule has 1 aliphatic heterocycles. The Hall–Kier alpha value is -1.27. The van der Waals surface area contributed by atoms with E-state index in [1.54, 1.807) is 0 Å². The number of amides is 1. The first-order valence-electron chi connectivity index (χ1n) is 6.20. The average molecular weight is 329 g/mol. The van der Waals surface area contributed by atoms with E-state index in [0.29, 0.717) is 32.7 Å². The predicted molar refractivity (Wildman–Crippen MR) is 75.5 cm³/mol. The van der Waals surface area contributed by atoms with Crippen LogP contribution in [0.15, 0.2) is 16.6 Å². The summed E-state index contributed by atoms with van der Waals surface area (Å²) >= 11 is 3.45. The third kappa shape index (κ3) is 3.84. The van der Waals surface area contributed by atoms with Gasteiger partial charge in [0.15, 0.2) is 11.5 Å². The van der Waals surface area contributed by atoms with Crippen LogP contribution >= 0.6 is 15.9 Å². The molecule has 0 aromatic heterocycles. The van der Waals surface area contributed by atoms with Crippen molar-refractivity contribution in [2.24, 2.45) is 0 Å². The van der Waals surface area contributed by atoms with Crippen molar-refractivity contribution in [3.63, 3.8) is 0 Å². The molecular formula is C13H17BrN2O3. The molecule has 6 heteroatoms. The van der Waals surface area contributed by atoms with Gasteiger partial charge in [0.25, 0.3) is 0 Å². The van der Waals surface area contributed by atoms with E-state index in [-0.39, 0.29) is 5.91 Å². The molecule has 1 aliphatic rings. The number of carbonyl (C=O) groups excluding carboxylic acids is 1. The molecule has 5 nitrogen and oxygen atoms in total. The molecule has 0 fully saturated rings. The molecule has 1 heterocycles. The first-order valence-corrected chi connectivity index (χ1v) is 6.99. The zero-order valence-electron chi connectivity index (χ0n) is 10.8. The van der Waals surface area contributed by atoms with E-state index in [4.69, 9.17) is 9.47 Å². The fraction of sp³-hybridized carbons (Fsp3) is 0.462. The van der Waals surface area contributed by atoms with Gasteiger partial charge < -0.3 is 20.1 Å². The van der Waals surface area contributed by atoms with Crippen LogP contribution in [0, 0.1) is 0 Å². The summed E-state index contributed by atoms with van der Waals surface area (Å²) in [7, 11) is 1.82. The van der Waals surface area contributed by atoms with Gasteiger partial charge in [0.1, 0.15) is 13.2 Å². The minimum absolute atomic E-state index is 0.0281. The third-order valence-electron chi connectivity index (χ3n) is 2.75. The molecule has 19 heavy (non-hydrogen) atoms. The van der Waals surface area contributed by atoms with Crippen molar-refractivity contribution in [3.8, 4) is 11.5 Å². The summed E-state index contributed by atoms with van der Waals surface area (Å²) in [5.41, 5.74) is 0.980. The average Bonchev–Trinajstić information content (AvgIpc) is 2.43. The number of halogens is 1. The number of nitrogens with one attached hydrogen (secondary N) is 2. The Kier molecular flexibility index (Phi) is 5.04. The van der Waals surface area contributed by atoms with E-state index in [0.717, 1.165) is 21.5 Å². The van der Waals surface area contributed by atoms with Gasteiger partial charge in [-0.25, -0.2) is 0 Å². The van der Waals surface area contributed by atoms with Gasteiger partial charge in [-0.15, -0.1) is 0 Å². The van der Waals surface area contributed by atoms with Crippen LogP contribution in [0.1, 0.15) is 12.0 Å². The lowest BCUT2D eigenvalue weighted by Gasteiger charge is -2.20. The van der Waals surface area contributed by atoms with E-state index < -0.39 is 0 Å². The summed E-state index contributed by atoms with van der Waals surface area (Å²) in [5, 5.41) is 5.81. The SMILES string of the molecule is CNCCC(=O)NCc1cc(Br)c2c(c1)OCCO2. The lowest BCUT2D eigenvalue weighted by atomic mass is 10.2. The first-order chi connectivity index (χ1) is 9.20. The van der Waals surface area contributed by atoms with E-state index in [1.807, 2.05) is 19.2 Å². The summed E-state index contributed by atoms with van der Waals surface area (Å²) in [5.74, 6) is 1.48. The van der Waals surface area contributed by atoms with E-state index in [1.165, 1.54) is 0 Å². The minimum atomic E-state index is 0.0281. The minimum Gasteiger partial charge on any atom is -0.486 e. The van der Waals surface area contributed by atoms with E-state index in [2.05, 4.69) is 26.6 Å². The molecule has 0 spiro atoms. The third-order valence-corrected chi connectivity index (χ3v) is 3.34. The molecule has 0 radical (unpaired) electrons. The second kappa shape index (κ2) is 6.77. The van der Waals surface area contributed by atoms with Crippen LogP contribution in [-0.4, -0.2) is 32.7 Å². The van der Waals surface area contributed by atoms with Crippen LogP contribution in [0.25, 0.3) is 0 Å². The van der Waals surface area contributed by atoms with Gasteiger partial charge in [-0.1, -0.05) is 0 Å². The van der Waals surface area contributed by atoms with E-state index in [9.17, 15) is 4.79 Å². The Morgan fingerprint density at radius 3 is 2.95 bits per heavy atom. The first kappa shape index (κ1) is 14.1. The zero-order chi connectivity index (χ0) is 13.7. The summed E-state index contributed by atoms with van der Waals surface area (Å²) in [6.45, 7) is 2.28. The standard InChI is InChI=1S/C13H17BrN2O3/c1-15-3-2-12(17)16-8-9-6-10(14)13-11(7-9)18-4-5-19-13/h6-7,15H,2-5,8H2,1H3,(H,16,17). The molecule has 104 valence electrons. The normalized spacial score (nSPS) is 13.2. The van der Waals surface area contributed by atoms with Crippen molar-refractivity contribution < 1.29 is 14.3 Å². The lowest BCUT2D eigenvalue weighted by molar-refractivity contribution is -0.121. The van der Waals surface area contributed by atoms with Crippen LogP contribution in [0.4, 0.5) is 0 Å². The highest BCUT2D eigenvalue weighted by atomic mass is 79.9. The number of hydrogen-bond acceptors (Lipinski definition) is 4. The molecule has 2 rings (SSSR count). The van der Waals surface area contributed by atoms with Gasteiger partial charge >= 0.3 is 0 Å². The maximum absolute atomic E-state index is 11.5. The summed E-state index contributed by atoms with van der Waals surface area (Å²) < 4.78 is 11.9. The number of carbonyl (C=O) groups is 1. The second-order valence-electron chi connectivity index (χ2n) is 4.23. The van der Waals surface area contributed by atoms with Crippen molar-refractivity contribution in [2.45, 2.75) is 13.0 Å². The van der Waals surface area contributed by atoms with Crippen molar-refractivity contribution >= 4 is 21.8 Å². The Bertz CT molecular complexity index is 465. The molecule has 1 aromatic carbocycles. The monoisotopic (exact) mass is 328 g/mol. The number of fused-ring (bicyclic) bond motifs is 1. The Morgan fingerprint density at radius 1 is 1.37 bits per heavy atom. The molecule has 0 aliphatic carbocycles. The molecule has 0 unspecified atom stereocenters. The maximum Gasteiger partial charge on any atom is 0.221 e. The second-order valence-corrected chi connectivity index (χ2v) is 5.09. The zero-order valence-corrected chi connectivity index (χ0v) is 12.4. The highest BCUT2D eigenvalue weighted by Gasteiger charge is 2.16. The Labute approximate surface area is 120 Å². The van der Waals surface area contributed by atoms with Crippen molar-refractivity contribution in [1.82, 2.24) is 10.6 Å². The van der Waals surface area contributed by atoms with Gasteiger partial charge in [-0.05, 0) is 40.7 Å². The summed E-state index contributed by atoms with van der Waals surface area (Å²) in [6, 6.07) is 3.84. The fourth-order valence-corrected chi connectivity index (χ4v) is 2.40. The quantitative estimate of drug-likeness (QED) is 0.858. The lowest BCUT2D eigenvalue weighted by Crippen LogP contribution is -2.26. The largest absolute Gasteiger partial charge is 0.486 e. The topological polar surface area (TPSA) is 59.6 Å². The van der Waals surface area contributed by atoms with Crippen LogP contribution in [0.3, 0.4) is 0 Å². The number of ether oxygens (including phenoxy) is 2. The smallest absolute Gasteiger partial charge is 0.221 e. The van der Waals surface area contributed by atoms with Crippen LogP contribution in [0.2, 0.25) is 0 Å². The molecule has 0 saturated carbocycles. The van der Waals surface area contributed by atoms with Crippen molar-refractivity contribution in [1.29, 1.82) is 0 Å². The molecular weight excluding hydrogens is 312 g/mol. The van der Waals surface area contributed by atoms with E-state index >= 15 is 0 Å². The molecule has 1 amide bonds. The van der Waals surface area contributed by atoms with Crippen LogP contribution < -0.4 is 20.1 Å². The van der Waals surface area contributed by atoms with Crippen molar-refractivity contribution in [2.75, 3.05) is 26.8 Å². The number of hydrogen-bond donors (Lipinski definition) is 2. The Morgan fingerprint density at radius 2 is 2.16 bits per heavy atom. The highest BCUT2D eigenvalue weighted by molar-refractivity contribution is 9.10. The predicted octanol–water partition coefficient (Wildman–Crippen LogP) is 1.45. The van der Waals surface area contributed by atoms with Crippen molar-refractivity contribution in [3.05, 3.63) is 22.2 Å². The molecule has 1 aromatic rings. The highest BCUT2D eigenvalue weighted by Crippen LogP contribution is 2.38. The Balaban J connectivity index is 1.97. The summed E-state index contributed by atoms with van der Waals surface area (Å²) in [6.07, 6.45) is 0.474. The summed E-state index contributed by atoms with van der Waals surface area (Å²) in [4.78, 5) is 11.5. The van der Waals surface area contributed by atoms with Gasteiger partial charge in [0.2, 0.25) is 5.91 Å². The fourth-order valence-electron chi connectivity index (χ4n) is 1.79. The molecule has 0 atom stereocenters. The molecule has 0 saturated heterocycles. The van der Waals surface area contributed by atoms with Gasteiger partial charge in [-0.3, -0.25) is 4.79 Å². The van der Waals surface area contributed by atoms with Crippen LogP contribution in [0.5, 0.6) is 11.5 Å². The van der Waals surface area contributed by atoms with Gasteiger partial charge in [-0.2, -0.15) is 0 Å². The number of rotatable bonds is 5.